The van der Waals surface area contributed by atoms with Crippen LogP contribution in [0.4, 0.5) is 10.5 Å². The van der Waals surface area contributed by atoms with Gasteiger partial charge in [-0.3, -0.25) is 4.79 Å². The lowest BCUT2D eigenvalue weighted by Crippen LogP contribution is -2.33. The zero-order valence-corrected chi connectivity index (χ0v) is 11.1. The van der Waals surface area contributed by atoms with Crippen LogP contribution in [0.1, 0.15) is 12.0 Å². The summed E-state index contributed by atoms with van der Waals surface area (Å²) in [4.78, 5) is 22.4. The van der Waals surface area contributed by atoms with Gasteiger partial charge in [-0.2, -0.15) is 0 Å². The Labute approximate surface area is 117 Å². The average Bonchev–Trinajstić information content (AvgIpc) is 2.89. The van der Waals surface area contributed by atoms with Crippen molar-refractivity contribution in [2.45, 2.75) is 12.8 Å². The molecule has 0 aliphatic carbocycles. The van der Waals surface area contributed by atoms with Crippen LogP contribution < -0.4 is 10.6 Å². The summed E-state index contributed by atoms with van der Waals surface area (Å²) in [5.74, 6) is -0.521. The highest BCUT2D eigenvalue weighted by molar-refractivity contribution is 5.89. The smallest absolute Gasteiger partial charge is 0.319 e. The van der Waals surface area contributed by atoms with Crippen LogP contribution in [0.25, 0.3) is 0 Å². The van der Waals surface area contributed by atoms with Crippen molar-refractivity contribution in [3.63, 3.8) is 0 Å². The highest BCUT2D eigenvalue weighted by atomic mass is 16.5. The van der Waals surface area contributed by atoms with Gasteiger partial charge in [-0.25, -0.2) is 4.79 Å². The Morgan fingerprint density at radius 1 is 1.40 bits per heavy atom. The Morgan fingerprint density at radius 2 is 2.25 bits per heavy atom. The molecule has 1 fully saturated rings. The van der Waals surface area contributed by atoms with Gasteiger partial charge < -0.3 is 20.5 Å². The lowest BCUT2D eigenvalue weighted by molar-refractivity contribution is -0.136. The van der Waals surface area contributed by atoms with Crippen molar-refractivity contribution in [2.75, 3.05) is 25.1 Å². The van der Waals surface area contributed by atoms with Gasteiger partial charge in [0.05, 0.1) is 13.0 Å². The molecule has 1 aromatic rings. The van der Waals surface area contributed by atoms with Gasteiger partial charge in [0, 0.05) is 24.8 Å². The van der Waals surface area contributed by atoms with Crippen molar-refractivity contribution in [1.82, 2.24) is 5.32 Å². The molecule has 1 heterocycles. The highest BCUT2D eigenvalue weighted by Gasteiger charge is 2.16. The number of amides is 2. The Kier molecular flexibility index (Phi) is 4.95. The second-order valence-electron chi connectivity index (χ2n) is 4.84. The maximum Gasteiger partial charge on any atom is 0.319 e. The van der Waals surface area contributed by atoms with Gasteiger partial charge in [0.1, 0.15) is 0 Å². The first kappa shape index (κ1) is 14.3. The standard InChI is InChI=1S/C14H18N2O4/c17-13(18)7-10-2-1-3-12(6-10)16-14(19)15-8-11-4-5-20-9-11/h1-3,6,11H,4-5,7-9H2,(H,17,18)(H2,15,16,19). The number of carboxylic acids is 1. The molecule has 1 unspecified atom stereocenters. The van der Waals surface area contributed by atoms with Gasteiger partial charge in [0.25, 0.3) is 0 Å². The molecule has 0 aromatic heterocycles. The number of urea groups is 1. The third kappa shape index (κ3) is 4.55. The first-order valence-electron chi connectivity index (χ1n) is 6.57. The summed E-state index contributed by atoms with van der Waals surface area (Å²) in [7, 11) is 0. The van der Waals surface area contributed by atoms with E-state index >= 15 is 0 Å². The predicted octanol–water partition coefficient (Wildman–Crippen LogP) is 1.47. The summed E-state index contributed by atoms with van der Waals surface area (Å²) in [5, 5.41) is 14.2. The van der Waals surface area contributed by atoms with Gasteiger partial charge in [-0.1, -0.05) is 12.1 Å². The van der Waals surface area contributed by atoms with E-state index in [1.807, 2.05) is 0 Å². The Hall–Kier alpha value is -2.08. The average molecular weight is 278 g/mol. The topological polar surface area (TPSA) is 87.7 Å². The zero-order chi connectivity index (χ0) is 14.4. The van der Waals surface area contributed by atoms with Crippen LogP contribution in [0.3, 0.4) is 0 Å². The number of aliphatic carboxylic acids is 1. The molecular formula is C14H18N2O4. The van der Waals surface area contributed by atoms with Crippen LogP contribution in [-0.4, -0.2) is 36.9 Å². The number of carbonyl (C=O) groups is 2. The Bertz CT molecular complexity index is 484. The molecule has 2 amide bonds. The van der Waals surface area contributed by atoms with E-state index in [0.29, 0.717) is 30.3 Å². The van der Waals surface area contributed by atoms with Crippen molar-refractivity contribution in [1.29, 1.82) is 0 Å². The van der Waals surface area contributed by atoms with E-state index in [2.05, 4.69) is 10.6 Å². The third-order valence-corrected chi connectivity index (χ3v) is 3.12. The molecule has 0 radical (unpaired) electrons. The summed E-state index contributed by atoms with van der Waals surface area (Å²) in [5.41, 5.74) is 1.24. The summed E-state index contributed by atoms with van der Waals surface area (Å²) in [6.45, 7) is 2.03. The maximum atomic E-state index is 11.7. The van der Waals surface area contributed by atoms with Gasteiger partial charge in [-0.15, -0.1) is 0 Å². The molecule has 1 aromatic carbocycles. The Morgan fingerprint density at radius 3 is 2.95 bits per heavy atom. The number of anilines is 1. The molecule has 6 heteroatoms. The van der Waals surface area contributed by atoms with Crippen LogP contribution in [-0.2, 0) is 16.0 Å². The lowest BCUT2D eigenvalue weighted by atomic mass is 10.1. The lowest BCUT2D eigenvalue weighted by Gasteiger charge is -2.11. The number of ether oxygens (including phenoxy) is 1. The molecule has 108 valence electrons. The SMILES string of the molecule is O=C(O)Cc1cccc(NC(=O)NCC2CCOC2)c1. The summed E-state index contributed by atoms with van der Waals surface area (Å²) in [6.07, 6.45) is 0.908. The van der Waals surface area contributed by atoms with Crippen LogP contribution in [0.15, 0.2) is 24.3 Å². The number of carbonyl (C=O) groups excluding carboxylic acids is 1. The fourth-order valence-electron chi connectivity index (χ4n) is 2.09. The highest BCUT2D eigenvalue weighted by Crippen LogP contribution is 2.12. The van der Waals surface area contributed by atoms with E-state index in [1.54, 1.807) is 24.3 Å². The van der Waals surface area contributed by atoms with E-state index in [4.69, 9.17) is 9.84 Å². The molecule has 0 saturated carbocycles. The molecule has 2 rings (SSSR count). The number of benzene rings is 1. The number of carboxylic acid groups (broad SMARTS) is 1. The number of nitrogens with one attached hydrogen (secondary N) is 2. The minimum atomic E-state index is -0.896. The minimum Gasteiger partial charge on any atom is -0.481 e. The van der Waals surface area contributed by atoms with E-state index in [0.717, 1.165) is 13.0 Å². The van der Waals surface area contributed by atoms with E-state index in [9.17, 15) is 9.59 Å². The second-order valence-corrected chi connectivity index (χ2v) is 4.84. The fraction of sp³-hybridized carbons (Fsp3) is 0.429. The molecule has 20 heavy (non-hydrogen) atoms. The summed E-state index contributed by atoms with van der Waals surface area (Å²) >= 11 is 0. The number of hydrogen-bond donors (Lipinski definition) is 3. The van der Waals surface area contributed by atoms with Gasteiger partial charge in [-0.05, 0) is 24.1 Å². The molecule has 3 N–H and O–H groups in total. The number of hydrogen-bond acceptors (Lipinski definition) is 3. The van der Waals surface area contributed by atoms with Crippen molar-refractivity contribution in [3.8, 4) is 0 Å². The largest absolute Gasteiger partial charge is 0.481 e. The molecule has 6 nitrogen and oxygen atoms in total. The van der Waals surface area contributed by atoms with Crippen LogP contribution in [0.5, 0.6) is 0 Å². The molecule has 1 aliphatic rings. The van der Waals surface area contributed by atoms with Crippen LogP contribution in [0, 0.1) is 5.92 Å². The van der Waals surface area contributed by atoms with Crippen molar-refractivity contribution >= 4 is 17.7 Å². The molecular weight excluding hydrogens is 260 g/mol. The molecule has 1 atom stereocenters. The quantitative estimate of drug-likeness (QED) is 0.761. The second kappa shape index (κ2) is 6.91. The zero-order valence-electron chi connectivity index (χ0n) is 11.1. The van der Waals surface area contributed by atoms with Crippen molar-refractivity contribution in [3.05, 3.63) is 29.8 Å². The Balaban J connectivity index is 1.82. The van der Waals surface area contributed by atoms with Crippen LogP contribution >= 0.6 is 0 Å². The van der Waals surface area contributed by atoms with Gasteiger partial charge in [0.2, 0.25) is 0 Å². The van der Waals surface area contributed by atoms with E-state index < -0.39 is 5.97 Å². The molecule has 0 bridgehead atoms. The maximum absolute atomic E-state index is 11.7. The predicted molar refractivity (Wildman–Crippen MR) is 73.7 cm³/mol. The van der Waals surface area contributed by atoms with Gasteiger partial charge in [0.15, 0.2) is 0 Å². The van der Waals surface area contributed by atoms with E-state index in [1.165, 1.54) is 0 Å². The van der Waals surface area contributed by atoms with Crippen LogP contribution in [0.2, 0.25) is 0 Å². The number of rotatable bonds is 5. The minimum absolute atomic E-state index is 0.0590. The first-order valence-corrected chi connectivity index (χ1v) is 6.57. The summed E-state index contributed by atoms with van der Waals surface area (Å²) in [6, 6.07) is 6.53. The monoisotopic (exact) mass is 278 g/mol. The van der Waals surface area contributed by atoms with E-state index in [-0.39, 0.29) is 12.5 Å². The normalized spacial score (nSPS) is 17.7. The molecule has 1 saturated heterocycles. The van der Waals surface area contributed by atoms with Gasteiger partial charge >= 0.3 is 12.0 Å². The molecule has 1 aliphatic heterocycles. The summed E-state index contributed by atoms with van der Waals surface area (Å²) < 4.78 is 5.23. The first-order chi connectivity index (χ1) is 9.63. The van der Waals surface area contributed by atoms with Crippen molar-refractivity contribution < 1.29 is 19.4 Å². The fourth-order valence-corrected chi connectivity index (χ4v) is 2.09. The molecule has 0 spiro atoms. The third-order valence-electron chi connectivity index (χ3n) is 3.12. The van der Waals surface area contributed by atoms with Crippen molar-refractivity contribution in [2.24, 2.45) is 5.92 Å².